The zero-order chi connectivity index (χ0) is 18.2. The van der Waals surface area contributed by atoms with Gasteiger partial charge in [0.25, 0.3) is 0 Å². The van der Waals surface area contributed by atoms with Crippen LogP contribution < -0.4 is 5.32 Å². The standard InChI is InChI=1S/C18H26FN3O3/c1-3-21(13-14-6-5-7-15(19)12-14)17(23)20-16-8-10-22(11-9-16)18(24)25-4-2/h5-7,12,16H,3-4,8-11,13H2,1-2H3,(H,20,23). The summed E-state index contributed by atoms with van der Waals surface area (Å²) in [4.78, 5) is 27.5. The Bertz CT molecular complexity index is 589. The minimum Gasteiger partial charge on any atom is -0.450 e. The summed E-state index contributed by atoms with van der Waals surface area (Å²) in [6, 6.07) is 6.13. The summed E-state index contributed by atoms with van der Waals surface area (Å²) >= 11 is 0. The van der Waals surface area contributed by atoms with Crippen molar-refractivity contribution in [1.82, 2.24) is 15.1 Å². The minimum absolute atomic E-state index is 0.0275. The molecule has 1 aromatic rings. The molecule has 6 nitrogen and oxygen atoms in total. The van der Waals surface area contributed by atoms with Crippen LogP contribution in [0.1, 0.15) is 32.3 Å². The molecule has 1 saturated heterocycles. The SMILES string of the molecule is CCOC(=O)N1CCC(NC(=O)N(CC)Cc2cccc(F)c2)CC1. The lowest BCUT2D eigenvalue weighted by atomic mass is 10.1. The number of benzene rings is 1. The van der Waals surface area contributed by atoms with Crippen molar-refractivity contribution in [2.45, 2.75) is 39.3 Å². The van der Waals surface area contributed by atoms with E-state index in [0.717, 1.165) is 5.56 Å². The Labute approximate surface area is 147 Å². The Morgan fingerprint density at radius 2 is 2.04 bits per heavy atom. The smallest absolute Gasteiger partial charge is 0.409 e. The lowest BCUT2D eigenvalue weighted by molar-refractivity contribution is 0.0950. The predicted octanol–water partition coefficient (Wildman–Crippen LogP) is 2.98. The molecule has 0 aromatic heterocycles. The number of nitrogens with zero attached hydrogens (tertiary/aromatic N) is 2. The number of amides is 3. The molecule has 2 rings (SSSR count). The van der Waals surface area contributed by atoms with Crippen molar-refractivity contribution >= 4 is 12.1 Å². The van der Waals surface area contributed by atoms with E-state index < -0.39 is 0 Å². The van der Waals surface area contributed by atoms with Crippen molar-refractivity contribution in [3.63, 3.8) is 0 Å². The third kappa shape index (κ3) is 5.62. The first-order valence-corrected chi connectivity index (χ1v) is 8.75. The van der Waals surface area contributed by atoms with Gasteiger partial charge < -0.3 is 19.9 Å². The van der Waals surface area contributed by atoms with Crippen LogP contribution in [0.4, 0.5) is 14.0 Å². The van der Waals surface area contributed by atoms with Crippen LogP contribution in [-0.2, 0) is 11.3 Å². The third-order valence-electron chi connectivity index (χ3n) is 4.28. The molecule has 1 aliphatic rings. The van der Waals surface area contributed by atoms with Crippen LogP contribution in [0.3, 0.4) is 0 Å². The molecule has 7 heteroatoms. The molecular weight excluding hydrogens is 325 g/mol. The number of halogens is 1. The summed E-state index contributed by atoms with van der Waals surface area (Å²) in [5.41, 5.74) is 0.758. The van der Waals surface area contributed by atoms with E-state index in [1.807, 2.05) is 6.92 Å². The van der Waals surface area contributed by atoms with E-state index >= 15 is 0 Å². The highest BCUT2D eigenvalue weighted by Crippen LogP contribution is 2.13. The summed E-state index contributed by atoms with van der Waals surface area (Å²) in [7, 11) is 0. The number of ether oxygens (including phenoxy) is 1. The lowest BCUT2D eigenvalue weighted by Gasteiger charge is -2.33. The van der Waals surface area contributed by atoms with Crippen LogP contribution in [-0.4, -0.2) is 54.2 Å². The molecule has 1 N–H and O–H groups in total. The van der Waals surface area contributed by atoms with Crippen molar-refractivity contribution in [2.24, 2.45) is 0 Å². The number of hydrogen-bond acceptors (Lipinski definition) is 3. The molecular formula is C18H26FN3O3. The summed E-state index contributed by atoms with van der Waals surface area (Å²) in [5.74, 6) is -0.305. The molecule has 0 bridgehead atoms. The zero-order valence-corrected chi connectivity index (χ0v) is 14.8. The summed E-state index contributed by atoms with van der Waals surface area (Å²) in [5, 5.41) is 3.01. The second kappa shape index (κ2) is 9.25. The van der Waals surface area contributed by atoms with Gasteiger partial charge >= 0.3 is 12.1 Å². The molecule has 3 amide bonds. The summed E-state index contributed by atoms with van der Waals surface area (Å²) in [6.07, 6.45) is 1.10. The van der Waals surface area contributed by atoms with E-state index in [1.54, 1.807) is 28.9 Å². The largest absolute Gasteiger partial charge is 0.450 e. The number of carbonyl (C=O) groups excluding carboxylic acids is 2. The Morgan fingerprint density at radius 1 is 1.32 bits per heavy atom. The molecule has 1 aliphatic heterocycles. The van der Waals surface area contributed by atoms with Crippen molar-refractivity contribution < 1.29 is 18.7 Å². The molecule has 138 valence electrons. The van der Waals surface area contributed by atoms with E-state index in [4.69, 9.17) is 4.74 Å². The average Bonchev–Trinajstić information content (AvgIpc) is 2.60. The molecule has 0 saturated carbocycles. The highest BCUT2D eigenvalue weighted by atomic mass is 19.1. The van der Waals surface area contributed by atoms with Gasteiger partial charge in [0.2, 0.25) is 0 Å². The number of hydrogen-bond donors (Lipinski definition) is 1. The van der Waals surface area contributed by atoms with Crippen LogP contribution in [0, 0.1) is 5.82 Å². The van der Waals surface area contributed by atoms with Crippen molar-refractivity contribution in [3.8, 4) is 0 Å². The van der Waals surface area contributed by atoms with Crippen molar-refractivity contribution in [2.75, 3.05) is 26.2 Å². The molecule has 0 spiro atoms. The van der Waals surface area contributed by atoms with E-state index in [0.29, 0.717) is 45.6 Å². The Morgan fingerprint density at radius 3 is 2.64 bits per heavy atom. The van der Waals surface area contributed by atoms with Crippen LogP contribution in [0.2, 0.25) is 0 Å². The first-order chi connectivity index (χ1) is 12.0. The topological polar surface area (TPSA) is 61.9 Å². The Hall–Kier alpha value is -2.31. The average molecular weight is 351 g/mol. The van der Waals surface area contributed by atoms with Gasteiger partial charge in [0.05, 0.1) is 6.61 Å². The van der Waals surface area contributed by atoms with Gasteiger partial charge in [0.15, 0.2) is 0 Å². The van der Waals surface area contributed by atoms with E-state index in [9.17, 15) is 14.0 Å². The molecule has 1 fully saturated rings. The van der Waals surface area contributed by atoms with Crippen molar-refractivity contribution in [3.05, 3.63) is 35.6 Å². The first kappa shape index (κ1) is 19.0. The van der Waals surface area contributed by atoms with Crippen LogP contribution in [0.25, 0.3) is 0 Å². The molecule has 0 radical (unpaired) electrons. The lowest BCUT2D eigenvalue weighted by Crippen LogP contribution is -2.50. The molecule has 1 heterocycles. The second-order valence-electron chi connectivity index (χ2n) is 6.05. The Balaban J connectivity index is 1.83. The summed E-state index contributed by atoms with van der Waals surface area (Å²) < 4.78 is 18.3. The maximum Gasteiger partial charge on any atom is 0.409 e. The Kier molecular flexibility index (Phi) is 7.03. The van der Waals surface area contributed by atoms with Crippen LogP contribution in [0.5, 0.6) is 0 Å². The van der Waals surface area contributed by atoms with Crippen LogP contribution >= 0.6 is 0 Å². The third-order valence-corrected chi connectivity index (χ3v) is 4.28. The maximum absolute atomic E-state index is 13.3. The highest BCUT2D eigenvalue weighted by molar-refractivity contribution is 5.74. The van der Waals surface area contributed by atoms with Gasteiger partial charge in [0, 0.05) is 32.2 Å². The fourth-order valence-electron chi connectivity index (χ4n) is 2.87. The molecule has 0 unspecified atom stereocenters. The number of nitrogens with one attached hydrogen (secondary N) is 1. The molecule has 25 heavy (non-hydrogen) atoms. The van der Waals surface area contributed by atoms with Gasteiger partial charge in [-0.15, -0.1) is 0 Å². The quantitative estimate of drug-likeness (QED) is 0.887. The van der Waals surface area contributed by atoms with E-state index in [1.165, 1.54) is 12.1 Å². The monoisotopic (exact) mass is 351 g/mol. The van der Waals surface area contributed by atoms with Gasteiger partial charge in [0.1, 0.15) is 5.82 Å². The number of piperidine rings is 1. The van der Waals surface area contributed by atoms with Gasteiger partial charge in [-0.05, 0) is 44.4 Å². The number of urea groups is 1. The number of rotatable bonds is 5. The first-order valence-electron chi connectivity index (χ1n) is 8.75. The minimum atomic E-state index is -0.305. The molecule has 0 aliphatic carbocycles. The fraction of sp³-hybridized carbons (Fsp3) is 0.556. The second-order valence-corrected chi connectivity index (χ2v) is 6.05. The maximum atomic E-state index is 13.3. The zero-order valence-electron chi connectivity index (χ0n) is 14.8. The van der Waals surface area contributed by atoms with Gasteiger partial charge in [-0.25, -0.2) is 14.0 Å². The van der Waals surface area contributed by atoms with Gasteiger partial charge in [-0.2, -0.15) is 0 Å². The van der Waals surface area contributed by atoms with Gasteiger partial charge in [-0.3, -0.25) is 0 Å². The predicted molar refractivity (Wildman–Crippen MR) is 92.6 cm³/mol. The highest BCUT2D eigenvalue weighted by Gasteiger charge is 2.25. The van der Waals surface area contributed by atoms with Gasteiger partial charge in [-0.1, -0.05) is 12.1 Å². The van der Waals surface area contributed by atoms with E-state index in [-0.39, 0.29) is 24.0 Å². The van der Waals surface area contributed by atoms with Crippen molar-refractivity contribution in [1.29, 1.82) is 0 Å². The fourth-order valence-corrected chi connectivity index (χ4v) is 2.87. The number of likely N-dealkylation sites (tertiary alicyclic amines) is 1. The molecule has 0 atom stereocenters. The van der Waals surface area contributed by atoms with E-state index in [2.05, 4.69) is 5.32 Å². The normalized spacial score (nSPS) is 14.9. The van der Waals surface area contributed by atoms with Crippen LogP contribution in [0.15, 0.2) is 24.3 Å². The number of carbonyl (C=O) groups is 2. The molecule has 1 aromatic carbocycles. The summed E-state index contributed by atoms with van der Waals surface area (Å²) in [6.45, 7) is 6.07.